The van der Waals surface area contributed by atoms with E-state index in [4.69, 9.17) is 26.8 Å². The minimum atomic E-state index is -0.274. The molecule has 1 saturated heterocycles. The van der Waals surface area contributed by atoms with Crippen LogP contribution in [-0.2, 0) is 9.53 Å². The van der Waals surface area contributed by atoms with Gasteiger partial charge in [0.2, 0.25) is 0 Å². The van der Waals surface area contributed by atoms with Gasteiger partial charge in [0, 0.05) is 18.8 Å². The number of halogens is 1. The third-order valence-electron chi connectivity index (χ3n) is 4.38. The lowest BCUT2D eigenvalue weighted by atomic mass is 10.1. The summed E-state index contributed by atoms with van der Waals surface area (Å²) in [5.41, 5.74) is 10.3. The van der Waals surface area contributed by atoms with Crippen LogP contribution in [0.2, 0.25) is 5.02 Å². The monoisotopic (exact) mass is 389 g/mol. The maximum absolute atomic E-state index is 12.2. The Morgan fingerprint density at radius 3 is 2.67 bits per heavy atom. The number of nitrogens with two attached hydrogens (primary N) is 1. The van der Waals surface area contributed by atoms with Gasteiger partial charge in [-0.2, -0.15) is 0 Å². The molecule has 0 atom stereocenters. The SMILES string of the molecule is Cc1cc(C)c(OCC(=O)Nc2ccc(N3CCOCC3)c(N)c2)c(Cl)c1. The highest BCUT2D eigenvalue weighted by Gasteiger charge is 2.15. The standard InChI is InChI=1S/C20H24ClN3O3/c1-13-9-14(2)20(16(21)10-13)27-12-19(25)23-15-3-4-18(17(22)11-15)24-5-7-26-8-6-24/h3-4,9-11H,5-8,12,22H2,1-2H3,(H,23,25). The molecule has 6 nitrogen and oxygen atoms in total. The molecule has 1 aliphatic rings. The van der Waals surface area contributed by atoms with E-state index >= 15 is 0 Å². The van der Waals surface area contributed by atoms with Gasteiger partial charge in [0.1, 0.15) is 5.75 Å². The topological polar surface area (TPSA) is 76.8 Å². The van der Waals surface area contributed by atoms with Crippen LogP contribution >= 0.6 is 11.6 Å². The Hall–Kier alpha value is -2.44. The molecular weight excluding hydrogens is 366 g/mol. The van der Waals surface area contributed by atoms with Crippen LogP contribution < -0.4 is 20.7 Å². The molecule has 7 heteroatoms. The highest BCUT2D eigenvalue weighted by molar-refractivity contribution is 6.32. The zero-order chi connectivity index (χ0) is 19.4. The predicted octanol–water partition coefficient (Wildman–Crippen LogP) is 3.39. The van der Waals surface area contributed by atoms with Crippen LogP contribution in [0.4, 0.5) is 17.1 Å². The van der Waals surface area contributed by atoms with Crippen molar-refractivity contribution in [1.29, 1.82) is 0 Å². The van der Waals surface area contributed by atoms with E-state index in [-0.39, 0.29) is 12.5 Å². The van der Waals surface area contributed by atoms with Crippen molar-refractivity contribution in [2.75, 3.05) is 48.9 Å². The van der Waals surface area contributed by atoms with Crippen molar-refractivity contribution < 1.29 is 14.3 Å². The molecule has 0 radical (unpaired) electrons. The lowest BCUT2D eigenvalue weighted by Crippen LogP contribution is -2.36. The summed E-state index contributed by atoms with van der Waals surface area (Å²) in [7, 11) is 0. The fourth-order valence-corrected chi connectivity index (χ4v) is 3.52. The van der Waals surface area contributed by atoms with Crippen molar-refractivity contribution in [3.05, 3.63) is 46.5 Å². The second kappa shape index (κ2) is 8.50. The van der Waals surface area contributed by atoms with Gasteiger partial charge in [0.05, 0.1) is 29.6 Å². The van der Waals surface area contributed by atoms with Crippen LogP contribution in [0.15, 0.2) is 30.3 Å². The molecule has 27 heavy (non-hydrogen) atoms. The summed E-state index contributed by atoms with van der Waals surface area (Å²) < 4.78 is 11.0. The first kappa shape index (κ1) is 19.3. The average molecular weight is 390 g/mol. The first-order chi connectivity index (χ1) is 12.9. The zero-order valence-electron chi connectivity index (χ0n) is 15.5. The van der Waals surface area contributed by atoms with E-state index in [1.807, 2.05) is 38.1 Å². The molecule has 2 aromatic carbocycles. The maximum Gasteiger partial charge on any atom is 0.262 e. The number of rotatable bonds is 5. The summed E-state index contributed by atoms with van der Waals surface area (Å²) in [6.07, 6.45) is 0. The number of morpholine rings is 1. The summed E-state index contributed by atoms with van der Waals surface area (Å²) in [4.78, 5) is 14.4. The largest absolute Gasteiger partial charge is 0.482 e. The Labute approximate surface area is 164 Å². The molecule has 144 valence electrons. The number of amides is 1. The number of carbonyl (C=O) groups excluding carboxylic acids is 1. The number of ether oxygens (including phenoxy) is 2. The molecule has 0 spiro atoms. The van der Waals surface area contributed by atoms with Crippen molar-refractivity contribution in [2.24, 2.45) is 0 Å². The first-order valence-electron chi connectivity index (χ1n) is 8.85. The fraction of sp³-hybridized carbons (Fsp3) is 0.350. The molecule has 1 heterocycles. The summed E-state index contributed by atoms with van der Waals surface area (Å²) in [6, 6.07) is 9.28. The van der Waals surface area contributed by atoms with Crippen molar-refractivity contribution >= 4 is 34.6 Å². The number of nitrogens with zero attached hydrogens (tertiary/aromatic N) is 1. The fourth-order valence-electron chi connectivity index (χ4n) is 3.14. The first-order valence-corrected chi connectivity index (χ1v) is 9.23. The normalized spacial score (nSPS) is 14.1. The third kappa shape index (κ3) is 4.84. The molecule has 3 rings (SSSR count). The smallest absolute Gasteiger partial charge is 0.262 e. The summed E-state index contributed by atoms with van der Waals surface area (Å²) in [5, 5.41) is 3.30. The van der Waals surface area contributed by atoms with Crippen molar-refractivity contribution in [2.45, 2.75) is 13.8 Å². The van der Waals surface area contributed by atoms with Gasteiger partial charge in [-0.25, -0.2) is 0 Å². The molecule has 0 aliphatic carbocycles. The van der Waals surface area contributed by atoms with Gasteiger partial charge in [-0.3, -0.25) is 4.79 Å². The Bertz CT molecular complexity index is 812. The van der Waals surface area contributed by atoms with Gasteiger partial charge in [0.25, 0.3) is 5.91 Å². The molecule has 1 amide bonds. The van der Waals surface area contributed by atoms with Crippen molar-refractivity contribution in [3.8, 4) is 5.75 Å². The van der Waals surface area contributed by atoms with Crippen LogP contribution in [0.3, 0.4) is 0 Å². The highest BCUT2D eigenvalue weighted by atomic mass is 35.5. The summed E-state index contributed by atoms with van der Waals surface area (Å²) >= 11 is 6.20. The minimum absolute atomic E-state index is 0.130. The van der Waals surface area contributed by atoms with E-state index in [1.165, 1.54) is 0 Å². The molecule has 0 saturated carbocycles. The van der Waals surface area contributed by atoms with Gasteiger partial charge in [-0.1, -0.05) is 17.7 Å². The Balaban J connectivity index is 1.60. The van der Waals surface area contributed by atoms with Gasteiger partial charge in [-0.15, -0.1) is 0 Å². The van der Waals surface area contributed by atoms with E-state index < -0.39 is 0 Å². The van der Waals surface area contributed by atoms with Crippen molar-refractivity contribution in [1.82, 2.24) is 0 Å². The number of aryl methyl sites for hydroxylation is 2. The second-order valence-corrected chi connectivity index (χ2v) is 7.01. The lowest BCUT2D eigenvalue weighted by molar-refractivity contribution is -0.118. The second-order valence-electron chi connectivity index (χ2n) is 6.60. The van der Waals surface area contributed by atoms with E-state index in [9.17, 15) is 4.79 Å². The quantitative estimate of drug-likeness (QED) is 0.766. The zero-order valence-corrected chi connectivity index (χ0v) is 16.3. The highest BCUT2D eigenvalue weighted by Crippen LogP contribution is 2.30. The number of carbonyl (C=O) groups is 1. The predicted molar refractivity (Wildman–Crippen MR) is 109 cm³/mol. The molecular formula is C20H24ClN3O3. The molecule has 1 fully saturated rings. The minimum Gasteiger partial charge on any atom is -0.482 e. The van der Waals surface area contributed by atoms with Gasteiger partial charge >= 0.3 is 0 Å². The number of anilines is 3. The molecule has 1 aliphatic heterocycles. The maximum atomic E-state index is 12.2. The Morgan fingerprint density at radius 2 is 2.00 bits per heavy atom. The number of benzene rings is 2. The third-order valence-corrected chi connectivity index (χ3v) is 4.67. The molecule has 3 N–H and O–H groups in total. The number of hydrogen-bond acceptors (Lipinski definition) is 5. The number of hydrogen-bond donors (Lipinski definition) is 2. The van der Waals surface area contributed by atoms with E-state index in [0.29, 0.717) is 35.4 Å². The van der Waals surface area contributed by atoms with Gasteiger partial charge in [-0.05, 0) is 49.2 Å². The van der Waals surface area contributed by atoms with Crippen LogP contribution in [0.25, 0.3) is 0 Å². The van der Waals surface area contributed by atoms with E-state index in [1.54, 1.807) is 6.07 Å². The summed E-state index contributed by atoms with van der Waals surface area (Å²) in [5.74, 6) is 0.254. The van der Waals surface area contributed by atoms with Gasteiger partial charge in [0.15, 0.2) is 6.61 Å². The molecule has 2 aromatic rings. The van der Waals surface area contributed by atoms with E-state index in [2.05, 4.69) is 10.2 Å². The van der Waals surface area contributed by atoms with Crippen molar-refractivity contribution in [3.63, 3.8) is 0 Å². The molecule has 0 bridgehead atoms. The van der Waals surface area contributed by atoms with E-state index in [0.717, 1.165) is 29.9 Å². The summed E-state index contributed by atoms with van der Waals surface area (Å²) in [6.45, 7) is 6.72. The van der Waals surface area contributed by atoms with Crippen LogP contribution in [-0.4, -0.2) is 38.8 Å². The van der Waals surface area contributed by atoms with Gasteiger partial charge < -0.3 is 25.4 Å². The molecule has 0 unspecified atom stereocenters. The average Bonchev–Trinajstić information content (AvgIpc) is 2.61. The van der Waals surface area contributed by atoms with Crippen LogP contribution in [0.1, 0.15) is 11.1 Å². The Morgan fingerprint density at radius 1 is 1.26 bits per heavy atom. The Kier molecular flexibility index (Phi) is 6.08. The molecule has 0 aromatic heterocycles. The van der Waals surface area contributed by atoms with Crippen LogP contribution in [0, 0.1) is 13.8 Å². The number of nitrogen functional groups attached to an aromatic ring is 1. The van der Waals surface area contributed by atoms with Crippen LogP contribution in [0.5, 0.6) is 5.75 Å². The lowest BCUT2D eigenvalue weighted by Gasteiger charge is -2.30. The number of nitrogens with one attached hydrogen (secondary N) is 1.